The van der Waals surface area contributed by atoms with E-state index in [9.17, 15) is 4.79 Å². The van der Waals surface area contributed by atoms with Gasteiger partial charge in [-0.05, 0) is 49.6 Å². The van der Waals surface area contributed by atoms with Crippen molar-refractivity contribution in [1.29, 1.82) is 0 Å². The number of nitrogens with zero attached hydrogens (tertiary/aromatic N) is 1. The minimum Gasteiger partial charge on any atom is -0.338 e. The number of urea groups is 1. The van der Waals surface area contributed by atoms with Gasteiger partial charge in [-0.25, -0.2) is 4.79 Å². The molecule has 0 spiro atoms. The van der Waals surface area contributed by atoms with Crippen molar-refractivity contribution in [2.45, 2.75) is 31.8 Å². The first-order valence-electron chi connectivity index (χ1n) is 8.68. The second-order valence-electron chi connectivity index (χ2n) is 6.55. The number of amides is 2. The number of benzene rings is 1. The summed E-state index contributed by atoms with van der Waals surface area (Å²) in [6.07, 6.45) is 3.77. The molecule has 0 bridgehead atoms. The predicted octanol–water partition coefficient (Wildman–Crippen LogP) is 2.70. The molecular formula is C18H27N3OS. The lowest BCUT2D eigenvalue weighted by molar-refractivity contribution is 0.143. The third-order valence-corrected chi connectivity index (χ3v) is 6.06. The Labute approximate surface area is 143 Å². The maximum absolute atomic E-state index is 11.9. The molecule has 2 aliphatic heterocycles. The van der Waals surface area contributed by atoms with Gasteiger partial charge in [0.25, 0.3) is 0 Å². The molecule has 0 radical (unpaired) electrons. The van der Waals surface area contributed by atoms with Crippen LogP contribution in [0.3, 0.4) is 0 Å². The van der Waals surface area contributed by atoms with E-state index >= 15 is 0 Å². The third kappa shape index (κ3) is 5.15. The number of thioether (sulfide) groups is 1. The molecule has 2 N–H and O–H groups in total. The van der Waals surface area contributed by atoms with Crippen LogP contribution in [-0.4, -0.2) is 48.1 Å². The highest BCUT2D eigenvalue weighted by Crippen LogP contribution is 2.26. The quantitative estimate of drug-likeness (QED) is 0.871. The standard InChI is InChI=1S/C18H27N3OS/c22-18(19-12-15-4-2-1-3-5-15)20-13-16-6-9-21(10-7-16)17-8-11-23-14-17/h1-5,16-17H,6-14H2,(H2,19,20,22). The molecule has 5 heteroatoms. The van der Waals surface area contributed by atoms with Gasteiger partial charge >= 0.3 is 6.03 Å². The molecule has 2 fully saturated rings. The van der Waals surface area contributed by atoms with E-state index in [0.717, 1.165) is 18.2 Å². The molecule has 3 rings (SSSR count). The average molecular weight is 334 g/mol. The summed E-state index contributed by atoms with van der Waals surface area (Å²) in [6.45, 7) is 3.78. The zero-order chi connectivity index (χ0) is 15.9. The first-order chi connectivity index (χ1) is 11.3. The highest BCUT2D eigenvalue weighted by molar-refractivity contribution is 7.99. The first-order valence-corrected chi connectivity index (χ1v) is 9.84. The molecule has 1 aromatic rings. The first kappa shape index (κ1) is 16.7. The lowest BCUT2D eigenvalue weighted by atomic mass is 9.95. The zero-order valence-electron chi connectivity index (χ0n) is 13.7. The van der Waals surface area contributed by atoms with Crippen molar-refractivity contribution in [2.24, 2.45) is 5.92 Å². The van der Waals surface area contributed by atoms with Crippen LogP contribution >= 0.6 is 11.8 Å². The molecule has 126 valence electrons. The van der Waals surface area contributed by atoms with Crippen molar-refractivity contribution >= 4 is 17.8 Å². The molecule has 4 nitrogen and oxygen atoms in total. The van der Waals surface area contributed by atoms with E-state index in [0.29, 0.717) is 12.5 Å². The van der Waals surface area contributed by atoms with Crippen LogP contribution in [0.15, 0.2) is 30.3 Å². The minimum atomic E-state index is -0.0523. The summed E-state index contributed by atoms with van der Waals surface area (Å²) in [5, 5.41) is 5.96. The lowest BCUT2D eigenvalue weighted by Gasteiger charge is -2.35. The second-order valence-corrected chi connectivity index (χ2v) is 7.70. The summed E-state index contributed by atoms with van der Waals surface area (Å²) in [7, 11) is 0. The van der Waals surface area contributed by atoms with Gasteiger partial charge in [0, 0.05) is 24.9 Å². The van der Waals surface area contributed by atoms with Crippen LogP contribution in [0, 0.1) is 5.92 Å². The number of hydrogen-bond donors (Lipinski definition) is 2. The van der Waals surface area contributed by atoms with Gasteiger partial charge in [-0.3, -0.25) is 4.90 Å². The van der Waals surface area contributed by atoms with E-state index in [1.54, 1.807) is 0 Å². The highest BCUT2D eigenvalue weighted by atomic mass is 32.2. The van der Waals surface area contributed by atoms with Gasteiger partial charge in [0.05, 0.1) is 0 Å². The molecule has 1 atom stereocenters. The van der Waals surface area contributed by atoms with E-state index in [2.05, 4.69) is 27.3 Å². The number of likely N-dealkylation sites (tertiary alicyclic amines) is 1. The van der Waals surface area contributed by atoms with Crippen LogP contribution in [0.4, 0.5) is 4.79 Å². The average Bonchev–Trinajstić information content (AvgIpc) is 3.14. The topological polar surface area (TPSA) is 44.4 Å². The molecule has 1 unspecified atom stereocenters. The van der Waals surface area contributed by atoms with E-state index in [-0.39, 0.29) is 6.03 Å². The Kier molecular flexibility index (Phi) is 6.22. The fraction of sp³-hybridized carbons (Fsp3) is 0.611. The Morgan fingerprint density at radius 1 is 1.13 bits per heavy atom. The molecule has 0 aliphatic carbocycles. The predicted molar refractivity (Wildman–Crippen MR) is 96.7 cm³/mol. The van der Waals surface area contributed by atoms with Crippen molar-refractivity contribution in [3.05, 3.63) is 35.9 Å². The number of hydrogen-bond acceptors (Lipinski definition) is 3. The van der Waals surface area contributed by atoms with Gasteiger partial charge in [-0.2, -0.15) is 11.8 Å². The SMILES string of the molecule is O=C(NCc1ccccc1)NCC1CCN(C2CCSC2)CC1. The Morgan fingerprint density at radius 3 is 2.61 bits per heavy atom. The van der Waals surface area contributed by atoms with Crippen molar-refractivity contribution in [1.82, 2.24) is 15.5 Å². The summed E-state index contributed by atoms with van der Waals surface area (Å²) in [5.41, 5.74) is 1.13. The summed E-state index contributed by atoms with van der Waals surface area (Å²) in [5.74, 6) is 3.27. The molecule has 0 aromatic heterocycles. The molecule has 1 aromatic carbocycles. The molecule has 2 heterocycles. The highest BCUT2D eigenvalue weighted by Gasteiger charge is 2.27. The number of carbonyl (C=O) groups excluding carboxylic acids is 1. The number of piperidine rings is 1. The maximum Gasteiger partial charge on any atom is 0.315 e. The molecule has 2 aliphatic rings. The zero-order valence-corrected chi connectivity index (χ0v) is 14.5. The maximum atomic E-state index is 11.9. The Balaban J connectivity index is 1.31. The smallest absolute Gasteiger partial charge is 0.315 e. The van der Waals surface area contributed by atoms with E-state index in [1.165, 1.54) is 43.9 Å². The monoisotopic (exact) mass is 333 g/mol. The summed E-state index contributed by atoms with van der Waals surface area (Å²) in [6, 6.07) is 10.8. The summed E-state index contributed by atoms with van der Waals surface area (Å²) in [4.78, 5) is 14.6. The lowest BCUT2D eigenvalue weighted by Crippen LogP contribution is -2.45. The molecule has 2 amide bonds. The Bertz CT molecular complexity index is 482. The van der Waals surface area contributed by atoms with Crippen LogP contribution in [0.2, 0.25) is 0 Å². The third-order valence-electron chi connectivity index (χ3n) is 4.92. The van der Waals surface area contributed by atoms with Crippen molar-refractivity contribution < 1.29 is 4.79 Å². The molecule has 2 saturated heterocycles. The van der Waals surface area contributed by atoms with Crippen molar-refractivity contribution in [3.8, 4) is 0 Å². The van der Waals surface area contributed by atoms with Gasteiger partial charge in [-0.15, -0.1) is 0 Å². The Hall–Kier alpha value is -1.20. The van der Waals surface area contributed by atoms with Crippen LogP contribution in [0.25, 0.3) is 0 Å². The van der Waals surface area contributed by atoms with E-state index in [4.69, 9.17) is 0 Å². The molecule has 23 heavy (non-hydrogen) atoms. The van der Waals surface area contributed by atoms with Gasteiger partial charge in [-0.1, -0.05) is 30.3 Å². The van der Waals surface area contributed by atoms with E-state index < -0.39 is 0 Å². The number of nitrogens with one attached hydrogen (secondary N) is 2. The van der Waals surface area contributed by atoms with Crippen LogP contribution in [0.5, 0.6) is 0 Å². The fourth-order valence-corrected chi connectivity index (χ4v) is 4.66. The molecule has 0 saturated carbocycles. The minimum absolute atomic E-state index is 0.0523. The largest absolute Gasteiger partial charge is 0.338 e. The van der Waals surface area contributed by atoms with Crippen LogP contribution in [0.1, 0.15) is 24.8 Å². The number of carbonyl (C=O) groups is 1. The second kappa shape index (κ2) is 8.60. The van der Waals surface area contributed by atoms with Gasteiger partial charge < -0.3 is 10.6 Å². The van der Waals surface area contributed by atoms with Gasteiger partial charge in [0.1, 0.15) is 0 Å². The van der Waals surface area contributed by atoms with Crippen molar-refractivity contribution in [2.75, 3.05) is 31.1 Å². The van der Waals surface area contributed by atoms with Crippen LogP contribution < -0.4 is 10.6 Å². The van der Waals surface area contributed by atoms with Gasteiger partial charge in [0.15, 0.2) is 0 Å². The fourth-order valence-electron chi connectivity index (χ4n) is 3.41. The van der Waals surface area contributed by atoms with Crippen LogP contribution in [-0.2, 0) is 6.54 Å². The summed E-state index contributed by atoms with van der Waals surface area (Å²) >= 11 is 2.09. The summed E-state index contributed by atoms with van der Waals surface area (Å²) < 4.78 is 0. The van der Waals surface area contributed by atoms with E-state index in [1.807, 2.05) is 30.3 Å². The normalized spacial score (nSPS) is 22.9. The molecular weight excluding hydrogens is 306 g/mol. The van der Waals surface area contributed by atoms with Crippen molar-refractivity contribution in [3.63, 3.8) is 0 Å². The Morgan fingerprint density at radius 2 is 1.91 bits per heavy atom. The number of rotatable bonds is 5. The van der Waals surface area contributed by atoms with Gasteiger partial charge in [0.2, 0.25) is 0 Å².